The molecule has 0 aromatic heterocycles. The molecular weight excluding hydrogens is 242 g/mol. The number of rotatable bonds is 9. The summed E-state index contributed by atoms with van der Waals surface area (Å²) in [5.74, 6) is 0.181. The number of nitrogens with zero attached hydrogens (tertiary/aromatic N) is 1. The van der Waals surface area contributed by atoms with E-state index in [2.05, 4.69) is 24.1 Å². The molecular formula is C15H23NO3. The van der Waals surface area contributed by atoms with Gasteiger partial charge in [-0.3, -0.25) is 4.79 Å². The van der Waals surface area contributed by atoms with Gasteiger partial charge < -0.3 is 14.7 Å². The van der Waals surface area contributed by atoms with Crippen LogP contribution in [0.3, 0.4) is 0 Å². The van der Waals surface area contributed by atoms with Crippen LogP contribution >= 0.6 is 0 Å². The minimum absolute atomic E-state index is 0.268. The standard InChI is InChI=1S/C15H23NO3/c1-16(10-4-3-8-15(17)18)11-9-13-6-5-7-14(12-13)19-2/h5-7,12H,3-4,8-11H2,1-2H3,(H,17,18). The maximum absolute atomic E-state index is 10.4. The molecule has 0 atom stereocenters. The van der Waals surface area contributed by atoms with Crippen LogP contribution < -0.4 is 4.74 Å². The number of methoxy groups -OCH3 is 1. The van der Waals surface area contributed by atoms with Crippen molar-refractivity contribution in [2.45, 2.75) is 25.7 Å². The Kier molecular flexibility index (Phi) is 6.97. The molecule has 4 nitrogen and oxygen atoms in total. The summed E-state index contributed by atoms with van der Waals surface area (Å²) in [7, 11) is 3.74. The number of ether oxygens (including phenoxy) is 1. The molecule has 1 N–H and O–H groups in total. The molecule has 106 valence electrons. The lowest BCUT2D eigenvalue weighted by Crippen LogP contribution is -2.22. The van der Waals surface area contributed by atoms with Crippen molar-refractivity contribution in [2.24, 2.45) is 0 Å². The highest BCUT2D eigenvalue weighted by atomic mass is 16.5. The molecule has 1 aromatic rings. The third-order valence-electron chi connectivity index (χ3n) is 3.10. The van der Waals surface area contributed by atoms with Crippen LogP contribution in [0.5, 0.6) is 5.75 Å². The Morgan fingerprint density at radius 3 is 2.79 bits per heavy atom. The SMILES string of the molecule is COc1cccc(CCN(C)CCCCC(=O)O)c1. The zero-order valence-electron chi connectivity index (χ0n) is 11.8. The Hall–Kier alpha value is -1.55. The summed E-state index contributed by atoms with van der Waals surface area (Å²) in [5.41, 5.74) is 1.26. The third-order valence-corrected chi connectivity index (χ3v) is 3.10. The molecule has 0 aliphatic heterocycles. The van der Waals surface area contributed by atoms with Crippen LogP contribution in [0, 0.1) is 0 Å². The van der Waals surface area contributed by atoms with Crippen molar-refractivity contribution in [3.63, 3.8) is 0 Å². The Balaban J connectivity index is 2.21. The van der Waals surface area contributed by atoms with Crippen molar-refractivity contribution in [3.8, 4) is 5.75 Å². The predicted molar refractivity (Wildman–Crippen MR) is 75.7 cm³/mol. The van der Waals surface area contributed by atoms with E-state index >= 15 is 0 Å². The fourth-order valence-electron chi connectivity index (χ4n) is 1.92. The zero-order chi connectivity index (χ0) is 14.1. The molecule has 0 spiro atoms. The van der Waals surface area contributed by atoms with E-state index in [1.54, 1.807) is 7.11 Å². The Morgan fingerprint density at radius 1 is 1.32 bits per heavy atom. The van der Waals surface area contributed by atoms with Crippen LogP contribution in [0.25, 0.3) is 0 Å². The van der Waals surface area contributed by atoms with Crippen LogP contribution in [-0.4, -0.2) is 43.2 Å². The lowest BCUT2D eigenvalue weighted by Gasteiger charge is -2.16. The normalized spacial score (nSPS) is 10.7. The predicted octanol–water partition coefficient (Wildman–Crippen LogP) is 2.42. The first-order valence-corrected chi connectivity index (χ1v) is 6.65. The topological polar surface area (TPSA) is 49.8 Å². The molecule has 0 saturated carbocycles. The number of hydrogen-bond acceptors (Lipinski definition) is 3. The van der Waals surface area contributed by atoms with Crippen LogP contribution in [0.4, 0.5) is 0 Å². The van der Waals surface area contributed by atoms with Gasteiger partial charge in [0, 0.05) is 13.0 Å². The van der Waals surface area contributed by atoms with Gasteiger partial charge in [-0.15, -0.1) is 0 Å². The zero-order valence-corrected chi connectivity index (χ0v) is 11.8. The number of likely N-dealkylation sites (N-methyl/N-ethyl adjacent to an activating group) is 1. The second-order valence-electron chi connectivity index (χ2n) is 4.76. The van der Waals surface area contributed by atoms with Gasteiger partial charge in [0.2, 0.25) is 0 Å². The molecule has 0 saturated heterocycles. The molecule has 19 heavy (non-hydrogen) atoms. The number of aliphatic carboxylic acids is 1. The van der Waals surface area contributed by atoms with Crippen molar-refractivity contribution in [2.75, 3.05) is 27.2 Å². The molecule has 0 fully saturated rings. The summed E-state index contributed by atoms with van der Waals surface area (Å²) >= 11 is 0. The van der Waals surface area contributed by atoms with Crippen molar-refractivity contribution in [1.29, 1.82) is 0 Å². The summed E-state index contributed by atoms with van der Waals surface area (Å²) in [6.45, 7) is 1.91. The van der Waals surface area contributed by atoms with Crippen LogP contribution in [0.15, 0.2) is 24.3 Å². The second kappa shape index (κ2) is 8.53. The monoisotopic (exact) mass is 265 g/mol. The van der Waals surface area contributed by atoms with Crippen molar-refractivity contribution >= 4 is 5.97 Å². The van der Waals surface area contributed by atoms with E-state index in [1.807, 2.05) is 12.1 Å². The lowest BCUT2D eigenvalue weighted by atomic mass is 10.1. The molecule has 0 heterocycles. The van der Waals surface area contributed by atoms with Gasteiger partial charge >= 0.3 is 5.97 Å². The highest BCUT2D eigenvalue weighted by molar-refractivity contribution is 5.66. The number of benzene rings is 1. The van der Waals surface area contributed by atoms with Gasteiger partial charge in [0.15, 0.2) is 0 Å². The Bertz CT molecular complexity index is 393. The summed E-state index contributed by atoms with van der Waals surface area (Å²) < 4.78 is 5.19. The van der Waals surface area contributed by atoms with E-state index < -0.39 is 5.97 Å². The summed E-state index contributed by atoms with van der Waals surface area (Å²) in [6.07, 6.45) is 2.93. The Morgan fingerprint density at radius 2 is 2.11 bits per heavy atom. The van der Waals surface area contributed by atoms with Crippen molar-refractivity contribution in [1.82, 2.24) is 4.90 Å². The quantitative estimate of drug-likeness (QED) is 0.697. The van der Waals surface area contributed by atoms with E-state index in [9.17, 15) is 4.79 Å². The molecule has 4 heteroatoms. The van der Waals surface area contributed by atoms with E-state index in [-0.39, 0.29) is 6.42 Å². The molecule has 0 unspecified atom stereocenters. The first-order chi connectivity index (χ1) is 9.11. The average molecular weight is 265 g/mol. The maximum atomic E-state index is 10.4. The number of carboxylic acids is 1. The molecule has 1 aromatic carbocycles. The summed E-state index contributed by atoms with van der Waals surface area (Å²) in [4.78, 5) is 12.6. The first-order valence-electron chi connectivity index (χ1n) is 6.65. The number of carboxylic acid groups (broad SMARTS) is 1. The van der Waals surface area contributed by atoms with E-state index in [0.29, 0.717) is 0 Å². The number of hydrogen-bond donors (Lipinski definition) is 1. The second-order valence-corrected chi connectivity index (χ2v) is 4.76. The van der Waals surface area contributed by atoms with E-state index in [1.165, 1.54) is 5.56 Å². The van der Waals surface area contributed by atoms with Crippen molar-refractivity contribution < 1.29 is 14.6 Å². The van der Waals surface area contributed by atoms with Crippen LogP contribution in [0.2, 0.25) is 0 Å². The highest BCUT2D eigenvalue weighted by Crippen LogP contribution is 2.13. The molecule has 0 radical (unpaired) electrons. The van der Waals surface area contributed by atoms with E-state index in [4.69, 9.17) is 9.84 Å². The largest absolute Gasteiger partial charge is 0.497 e. The number of unbranched alkanes of at least 4 members (excludes halogenated alkanes) is 1. The molecule has 0 aliphatic carbocycles. The van der Waals surface area contributed by atoms with Gasteiger partial charge in [-0.2, -0.15) is 0 Å². The minimum Gasteiger partial charge on any atom is -0.497 e. The average Bonchev–Trinajstić information content (AvgIpc) is 2.41. The lowest BCUT2D eigenvalue weighted by molar-refractivity contribution is -0.137. The van der Waals surface area contributed by atoms with Gasteiger partial charge in [0.1, 0.15) is 5.75 Å². The minimum atomic E-state index is -0.709. The fourth-order valence-corrected chi connectivity index (χ4v) is 1.92. The maximum Gasteiger partial charge on any atom is 0.303 e. The smallest absolute Gasteiger partial charge is 0.303 e. The number of carbonyl (C=O) groups is 1. The van der Waals surface area contributed by atoms with Crippen molar-refractivity contribution in [3.05, 3.63) is 29.8 Å². The van der Waals surface area contributed by atoms with Gasteiger partial charge in [-0.05, 0) is 50.6 Å². The van der Waals surface area contributed by atoms with E-state index in [0.717, 1.165) is 38.1 Å². The van der Waals surface area contributed by atoms with Gasteiger partial charge in [-0.1, -0.05) is 12.1 Å². The fraction of sp³-hybridized carbons (Fsp3) is 0.533. The third kappa shape index (κ3) is 6.82. The molecule has 0 amide bonds. The van der Waals surface area contributed by atoms with Gasteiger partial charge in [0.25, 0.3) is 0 Å². The van der Waals surface area contributed by atoms with Gasteiger partial charge in [0.05, 0.1) is 7.11 Å². The molecule has 1 rings (SSSR count). The van der Waals surface area contributed by atoms with Gasteiger partial charge in [-0.25, -0.2) is 0 Å². The molecule has 0 bridgehead atoms. The Labute approximate surface area is 115 Å². The van der Waals surface area contributed by atoms with Crippen LogP contribution in [0.1, 0.15) is 24.8 Å². The van der Waals surface area contributed by atoms with Crippen LogP contribution in [-0.2, 0) is 11.2 Å². The first kappa shape index (κ1) is 15.5. The highest BCUT2D eigenvalue weighted by Gasteiger charge is 2.02. The summed E-state index contributed by atoms with van der Waals surface area (Å²) in [5, 5.41) is 8.55. The molecule has 0 aliphatic rings. The summed E-state index contributed by atoms with van der Waals surface area (Å²) in [6, 6.07) is 8.10.